The fourth-order valence-corrected chi connectivity index (χ4v) is 2.18. The number of nitrogens with two attached hydrogens (primary N) is 1. The fourth-order valence-electron chi connectivity index (χ4n) is 2.00. The maximum absolute atomic E-state index is 11.9. The molecule has 0 radical (unpaired) electrons. The van der Waals surface area contributed by atoms with Crippen LogP contribution in [0, 0.1) is 12.8 Å². The van der Waals surface area contributed by atoms with Crippen molar-refractivity contribution in [2.24, 2.45) is 11.7 Å². The summed E-state index contributed by atoms with van der Waals surface area (Å²) in [6.45, 7) is 6.11. The minimum atomic E-state index is -0.529. The monoisotopic (exact) mass is 325 g/mol. The molecule has 0 spiro atoms. The van der Waals surface area contributed by atoms with Gasteiger partial charge in [0.1, 0.15) is 0 Å². The van der Waals surface area contributed by atoms with Crippen molar-refractivity contribution in [1.29, 1.82) is 0 Å². The highest BCUT2D eigenvalue weighted by molar-refractivity contribution is 6.31. The lowest BCUT2D eigenvalue weighted by Crippen LogP contribution is -2.42. The largest absolute Gasteiger partial charge is 0.354 e. The lowest BCUT2D eigenvalue weighted by Gasteiger charge is -2.14. The highest BCUT2D eigenvalue weighted by Gasteiger charge is 2.15. The summed E-state index contributed by atoms with van der Waals surface area (Å²) in [5, 5.41) is 6.06. The Balaban J connectivity index is 2.38. The number of carbonyl (C=O) groups excluding carboxylic acids is 2. The van der Waals surface area contributed by atoms with Gasteiger partial charge in [-0.2, -0.15) is 0 Å². The smallest absolute Gasteiger partial charge is 0.236 e. The first-order valence-electron chi connectivity index (χ1n) is 7.39. The topological polar surface area (TPSA) is 84.2 Å². The Bertz CT molecular complexity index is 532. The van der Waals surface area contributed by atoms with E-state index in [1.807, 2.05) is 20.8 Å². The summed E-state index contributed by atoms with van der Waals surface area (Å²) < 4.78 is 0. The molecule has 0 aliphatic heterocycles. The predicted octanol–water partition coefficient (Wildman–Crippen LogP) is 2.47. The van der Waals surface area contributed by atoms with Crippen LogP contribution in [0.2, 0.25) is 5.02 Å². The molecule has 122 valence electrons. The van der Waals surface area contributed by atoms with Gasteiger partial charge < -0.3 is 16.4 Å². The fraction of sp³-hybridized carbons (Fsp3) is 0.500. The number of benzene rings is 1. The number of hydrogen-bond donors (Lipinski definition) is 3. The summed E-state index contributed by atoms with van der Waals surface area (Å²) in [7, 11) is 0. The number of nitrogens with one attached hydrogen (secondary N) is 2. The molecule has 22 heavy (non-hydrogen) atoms. The second kappa shape index (κ2) is 8.76. The van der Waals surface area contributed by atoms with Crippen LogP contribution in [-0.4, -0.2) is 24.4 Å². The Morgan fingerprint density at radius 1 is 1.32 bits per heavy atom. The first kappa shape index (κ1) is 18.5. The minimum absolute atomic E-state index is 0.178. The Kier molecular flexibility index (Phi) is 7.35. The second-order valence-electron chi connectivity index (χ2n) is 5.74. The summed E-state index contributed by atoms with van der Waals surface area (Å²) in [5.74, 6) is -0.0432. The molecule has 1 rings (SSSR count). The summed E-state index contributed by atoms with van der Waals surface area (Å²) in [6.07, 6.45) is 0.811. The average molecular weight is 326 g/mol. The predicted molar refractivity (Wildman–Crippen MR) is 89.9 cm³/mol. The molecule has 0 aromatic heterocycles. The van der Waals surface area contributed by atoms with Gasteiger partial charge in [-0.15, -0.1) is 0 Å². The van der Waals surface area contributed by atoms with Crippen molar-refractivity contribution < 1.29 is 9.59 Å². The first-order chi connectivity index (χ1) is 10.3. The van der Waals surface area contributed by atoms with Crippen LogP contribution in [0.5, 0.6) is 0 Å². The number of hydrogen-bond acceptors (Lipinski definition) is 3. The first-order valence-corrected chi connectivity index (χ1v) is 7.77. The van der Waals surface area contributed by atoms with E-state index >= 15 is 0 Å². The number of carbonyl (C=O) groups is 2. The van der Waals surface area contributed by atoms with Crippen molar-refractivity contribution in [2.75, 3.05) is 11.9 Å². The Labute approximate surface area is 136 Å². The molecule has 1 aromatic rings. The molecule has 0 aliphatic carbocycles. The van der Waals surface area contributed by atoms with E-state index in [2.05, 4.69) is 10.6 Å². The molecule has 4 N–H and O–H groups in total. The van der Waals surface area contributed by atoms with Crippen molar-refractivity contribution in [1.82, 2.24) is 5.32 Å². The zero-order valence-electron chi connectivity index (χ0n) is 13.3. The molecule has 0 bridgehead atoms. The summed E-state index contributed by atoms with van der Waals surface area (Å²) >= 11 is 6.00. The SMILES string of the molecule is Cc1c(Cl)cccc1NC(=O)CCNC(=O)[C@@H](N)CC(C)C. The van der Waals surface area contributed by atoms with E-state index in [1.165, 1.54) is 0 Å². The molecule has 0 aliphatic rings. The van der Waals surface area contributed by atoms with E-state index in [9.17, 15) is 9.59 Å². The van der Waals surface area contributed by atoms with Crippen LogP contribution in [0.3, 0.4) is 0 Å². The van der Waals surface area contributed by atoms with Crippen LogP contribution in [-0.2, 0) is 9.59 Å². The molecule has 5 nitrogen and oxygen atoms in total. The van der Waals surface area contributed by atoms with Crippen LogP contribution in [0.15, 0.2) is 18.2 Å². The second-order valence-corrected chi connectivity index (χ2v) is 6.14. The molecule has 1 atom stereocenters. The normalized spacial score (nSPS) is 12.1. The molecule has 6 heteroatoms. The molecule has 0 fully saturated rings. The molecule has 2 amide bonds. The zero-order chi connectivity index (χ0) is 16.7. The van der Waals surface area contributed by atoms with Gasteiger partial charge in [-0.1, -0.05) is 31.5 Å². The Morgan fingerprint density at radius 2 is 2.00 bits per heavy atom. The Morgan fingerprint density at radius 3 is 2.64 bits per heavy atom. The van der Waals surface area contributed by atoms with Gasteiger partial charge in [0, 0.05) is 23.7 Å². The van der Waals surface area contributed by atoms with Gasteiger partial charge in [0.25, 0.3) is 0 Å². The maximum Gasteiger partial charge on any atom is 0.236 e. The number of anilines is 1. The van der Waals surface area contributed by atoms with Gasteiger partial charge in [0.2, 0.25) is 11.8 Å². The highest BCUT2D eigenvalue weighted by atomic mass is 35.5. The molecule has 0 saturated carbocycles. The van der Waals surface area contributed by atoms with Crippen LogP contribution in [0.4, 0.5) is 5.69 Å². The molecule has 1 aromatic carbocycles. The van der Waals surface area contributed by atoms with Crippen molar-refractivity contribution in [3.05, 3.63) is 28.8 Å². The number of rotatable bonds is 7. The summed E-state index contributed by atoms with van der Waals surface area (Å²) in [5.41, 5.74) is 7.27. The number of halogens is 1. The van der Waals surface area contributed by atoms with Crippen LogP contribution in [0.1, 0.15) is 32.3 Å². The standard InChI is InChI=1S/C16H24ClN3O2/c1-10(2)9-13(18)16(22)19-8-7-15(21)20-14-6-4-5-12(17)11(14)3/h4-6,10,13H,7-9,18H2,1-3H3,(H,19,22)(H,20,21)/t13-/m0/s1. The van der Waals surface area contributed by atoms with Crippen LogP contribution >= 0.6 is 11.6 Å². The van der Waals surface area contributed by atoms with E-state index in [4.69, 9.17) is 17.3 Å². The maximum atomic E-state index is 11.9. The molecule has 0 unspecified atom stereocenters. The molecule has 0 saturated heterocycles. The van der Waals surface area contributed by atoms with E-state index in [1.54, 1.807) is 18.2 Å². The van der Waals surface area contributed by atoms with E-state index < -0.39 is 6.04 Å². The molecular weight excluding hydrogens is 302 g/mol. The van der Waals surface area contributed by atoms with Gasteiger partial charge in [0.15, 0.2) is 0 Å². The van der Waals surface area contributed by atoms with Crippen molar-refractivity contribution in [3.63, 3.8) is 0 Å². The van der Waals surface area contributed by atoms with Gasteiger partial charge in [0.05, 0.1) is 6.04 Å². The molecule has 0 heterocycles. The van der Waals surface area contributed by atoms with E-state index in [-0.39, 0.29) is 24.8 Å². The minimum Gasteiger partial charge on any atom is -0.354 e. The summed E-state index contributed by atoms with van der Waals surface area (Å²) in [4.78, 5) is 23.6. The van der Waals surface area contributed by atoms with E-state index in [0.29, 0.717) is 23.0 Å². The Hall–Kier alpha value is -1.59. The highest BCUT2D eigenvalue weighted by Crippen LogP contribution is 2.22. The van der Waals surface area contributed by atoms with Crippen LogP contribution in [0.25, 0.3) is 0 Å². The average Bonchev–Trinajstić information content (AvgIpc) is 2.43. The van der Waals surface area contributed by atoms with Crippen molar-refractivity contribution >= 4 is 29.1 Å². The number of amides is 2. The third-order valence-electron chi connectivity index (χ3n) is 3.26. The van der Waals surface area contributed by atoms with E-state index in [0.717, 1.165) is 5.56 Å². The lowest BCUT2D eigenvalue weighted by atomic mass is 10.0. The molecular formula is C16H24ClN3O2. The van der Waals surface area contributed by atoms with Gasteiger partial charge in [-0.25, -0.2) is 0 Å². The van der Waals surface area contributed by atoms with Gasteiger partial charge >= 0.3 is 0 Å². The van der Waals surface area contributed by atoms with Crippen LogP contribution < -0.4 is 16.4 Å². The third kappa shape index (κ3) is 6.03. The van der Waals surface area contributed by atoms with Gasteiger partial charge in [-0.05, 0) is 37.0 Å². The van der Waals surface area contributed by atoms with Crippen molar-refractivity contribution in [3.8, 4) is 0 Å². The summed E-state index contributed by atoms with van der Waals surface area (Å²) in [6, 6.07) is 4.80. The quantitative estimate of drug-likeness (QED) is 0.720. The van der Waals surface area contributed by atoms with Crippen molar-refractivity contribution in [2.45, 2.75) is 39.7 Å². The third-order valence-corrected chi connectivity index (χ3v) is 3.66. The lowest BCUT2D eigenvalue weighted by molar-refractivity contribution is -0.122. The zero-order valence-corrected chi connectivity index (χ0v) is 14.0. The van der Waals surface area contributed by atoms with Gasteiger partial charge in [-0.3, -0.25) is 9.59 Å².